The molecule has 0 amide bonds. The lowest BCUT2D eigenvalue weighted by Gasteiger charge is -2.27. The van der Waals surface area contributed by atoms with Gasteiger partial charge in [0.1, 0.15) is 5.69 Å². The van der Waals surface area contributed by atoms with Crippen LogP contribution in [0.15, 0.2) is 12.3 Å². The molecular weight excluding hydrogens is 232 g/mol. The zero-order valence-corrected chi connectivity index (χ0v) is 11.4. The van der Waals surface area contributed by atoms with Gasteiger partial charge in [-0.3, -0.25) is 4.90 Å². The number of hydrogen-bond donors (Lipinski definition) is 2. The van der Waals surface area contributed by atoms with E-state index in [0.717, 1.165) is 5.56 Å². The van der Waals surface area contributed by atoms with Crippen LogP contribution in [-0.2, 0) is 11.3 Å². The minimum absolute atomic E-state index is 0.330. The number of aliphatic hydroxyl groups excluding tert-OH is 1. The van der Waals surface area contributed by atoms with E-state index in [1.54, 1.807) is 19.2 Å². The summed E-state index contributed by atoms with van der Waals surface area (Å²) in [6.07, 6.45) is 1.43. The van der Waals surface area contributed by atoms with E-state index < -0.39 is 0 Å². The summed E-state index contributed by atoms with van der Waals surface area (Å²) in [5, 5.41) is 9.46. The Hall–Kier alpha value is -1.33. The van der Waals surface area contributed by atoms with Crippen molar-refractivity contribution in [3.05, 3.63) is 23.5 Å². The Kier molecular flexibility index (Phi) is 5.37. The van der Waals surface area contributed by atoms with Crippen molar-refractivity contribution < 1.29 is 14.6 Å². The predicted octanol–water partition coefficient (Wildman–Crippen LogP) is 1.39. The first-order valence-corrected chi connectivity index (χ1v) is 6.11. The van der Waals surface area contributed by atoms with Crippen molar-refractivity contribution >= 4 is 5.97 Å². The monoisotopic (exact) mass is 254 g/mol. The molecule has 1 aromatic rings. The molecule has 0 bridgehead atoms. The lowest BCUT2D eigenvalue weighted by molar-refractivity contribution is 0.0594. The molecule has 0 aromatic carbocycles. The molecule has 1 atom stereocenters. The van der Waals surface area contributed by atoms with Gasteiger partial charge in [0, 0.05) is 25.3 Å². The molecule has 102 valence electrons. The molecular formula is C13H22N2O3. The fraction of sp³-hybridized carbons (Fsp3) is 0.615. The predicted molar refractivity (Wildman–Crippen MR) is 69.4 cm³/mol. The summed E-state index contributed by atoms with van der Waals surface area (Å²) in [6.45, 7) is 7.23. The standard InChI is InChI=1S/C13H22N2O3/c1-9(2)15(7-10(3)16)8-11-5-12(14-6-11)13(17)18-4/h5-6,9-10,14,16H,7-8H2,1-4H3. The highest BCUT2D eigenvalue weighted by Gasteiger charge is 2.15. The molecule has 5 heteroatoms. The number of carbonyl (C=O) groups excluding carboxylic acids is 1. The Morgan fingerprint density at radius 3 is 2.67 bits per heavy atom. The molecule has 2 N–H and O–H groups in total. The Labute approximate surface area is 108 Å². The molecule has 1 aromatic heterocycles. The maximum absolute atomic E-state index is 11.3. The second-order valence-corrected chi connectivity index (χ2v) is 4.79. The molecule has 0 aliphatic heterocycles. The summed E-state index contributed by atoms with van der Waals surface area (Å²) in [5.41, 5.74) is 1.46. The van der Waals surface area contributed by atoms with Gasteiger partial charge in [0.05, 0.1) is 13.2 Å². The van der Waals surface area contributed by atoms with E-state index in [4.69, 9.17) is 0 Å². The maximum Gasteiger partial charge on any atom is 0.354 e. The van der Waals surface area contributed by atoms with Crippen LogP contribution in [0.2, 0.25) is 0 Å². The van der Waals surface area contributed by atoms with Crippen LogP contribution in [0.25, 0.3) is 0 Å². The first-order chi connectivity index (χ1) is 8.43. The van der Waals surface area contributed by atoms with Crippen molar-refractivity contribution in [2.24, 2.45) is 0 Å². The van der Waals surface area contributed by atoms with Gasteiger partial charge in [-0.15, -0.1) is 0 Å². The lowest BCUT2D eigenvalue weighted by Crippen LogP contribution is -2.35. The molecule has 0 aliphatic carbocycles. The number of carbonyl (C=O) groups is 1. The SMILES string of the molecule is COC(=O)c1cc(CN(CC(C)O)C(C)C)c[nH]1. The molecule has 18 heavy (non-hydrogen) atoms. The van der Waals surface area contributed by atoms with Crippen LogP contribution in [0.1, 0.15) is 36.8 Å². The fourth-order valence-corrected chi connectivity index (χ4v) is 1.79. The number of ether oxygens (including phenoxy) is 1. The normalized spacial score (nSPS) is 13.1. The van der Waals surface area contributed by atoms with E-state index in [1.165, 1.54) is 7.11 Å². The van der Waals surface area contributed by atoms with Gasteiger partial charge < -0.3 is 14.8 Å². The summed E-state index contributed by atoms with van der Waals surface area (Å²) in [6, 6.07) is 2.11. The number of aromatic amines is 1. The minimum atomic E-state index is -0.369. The third kappa shape index (κ3) is 4.16. The number of esters is 1. The van der Waals surface area contributed by atoms with Gasteiger partial charge in [-0.2, -0.15) is 0 Å². The second kappa shape index (κ2) is 6.56. The summed E-state index contributed by atoms with van der Waals surface area (Å²) in [4.78, 5) is 16.4. The van der Waals surface area contributed by atoms with Gasteiger partial charge in [0.2, 0.25) is 0 Å². The highest BCUT2D eigenvalue weighted by molar-refractivity contribution is 5.87. The van der Waals surface area contributed by atoms with E-state index in [1.807, 2.05) is 0 Å². The second-order valence-electron chi connectivity index (χ2n) is 4.79. The third-order valence-electron chi connectivity index (χ3n) is 2.76. The van der Waals surface area contributed by atoms with E-state index in [-0.39, 0.29) is 12.1 Å². The molecule has 0 saturated carbocycles. The summed E-state index contributed by atoms with van der Waals surface area (Å²) >= 11 is 0. The van der Waals surface area contributed by atoms with Crippen LogP contribution in [-0.4, -0.2) is 46.8 Å². The van der Waals surface area contributed by atoms with E-state index in [2.05, 4.69) is 28.5 Å². The number of H-pyrrole nitrogens is 1. The molecule has 1 rings (SSSR count). The van der Waals surface area contributed by atoms with Crippen LogP contribution in [0.5, 0.6) is 0 Å². The number of aliphatic hydroxyl groups is 1. The first-order valence-electron chi connectivity index (χ1n) is 6.11. The van der Waals surface area contributed by atoms with Crippen molar-refractivity contribution in [1.29, 1.82) is 0 Å². The fourth-order valence-electron chi connectivity index (χ4n) is 1.79. The van der Waals surface area contributed by atoms with E-state index in [9.17, 15) is 9.90 Å². The molecule has 0 radical (unpaired) electrons. The van der Waals surface area contributed by atoms with Crippen molar-refractivity contribution in [3.63, 3.8) is 0 Å². The number of aromatic nitrogens is 1. The zero-order valence-electron chi connectivity index (χ0n) is 11.4. The van der Waals surface area contributed by atoms with Crippen LogP contribution in [0.3, 0.4) is 0 Å². The van der Waals surface area contributed by atoms with E-state index >= 15 is 0 Å². The molecule has 0 fully saturated rings. The molecule has 1 unspecified atom stereocenters. The molecule has 5 nitrogen and oxygen atoms in total. The Bertz CT molecular complexity index is 385. The number of nitrogens with one attached hydrogen (secondary N) is 1. The van der Waals surface area contributed by atoms with Crippen molar-refractivity contribution in [3.8, 4) is 0 Å². The van der Waals surface area contributed by atoms with Crippen molar-refractivity contribution in [2.45, 2.75) is 39.5 Å². The van der Waals surface area contributed by atoms with Crippen LogP contribution >= 0.6 is 0 Å². The average molecular weight is 254 g/mol. The van der Waals surface area contributed by atoms with Gasteiger partial charge in [-0.05, 0) is 32.4 Å². The van der Waals surface area contributed by atoms with Crippen LogP contribution in [0.4, 0.5) is 0 Å². The van der Waals surface area contributed by atoms with Crippen LogP contribution < -0.4 is 0 Å². The quantitative estimate of drug-likeness (QED) is 0.753. The van der Waals surface area contributed by atoms with Crippen molar-refractivity contribution in [1.82, 2.24) is 9.88 Å². The van der Waals surface area contributed by atoms with Gasteiger partial charge >= 0.3 is 5.97 Å². The molecule has 1 heterocycles. The van der Waals surface area contributed by atoms with Crippen LogP contribution in [0, 0.1) is 0 Å². The first kappa shape index (κ1) is 14.7. The minimum Gasteiger partial charge on any atom is -0.464 e. The highest BCUT2D eigenvalue weighted by atomic mass is 16.5. The van der Waals surface area contributed by atoms with Gasteiger partial charge in [-0.1, -0.05) is 0 Å². The number of nitrogens with zero attached hydrogens (tertiary/aromatic N) is 1. The maximum atomic E-state index is 11.3. The lowest BCUT2D eigenvalue weighted by atomic mass is 10.2. The number of methoxy groups -OCH3 is 1. The summed E-state index contributed by atoms with van der Waals surface area (Å²) in [7, 11) is 1.36. The summed E-state index contributed by atoms with van der Waals surface area (Å²) in [5.74, 6) is -0.368. The summed E-state index contributed by atoms with van der Waals surface area (Å²) < 4.78 is 4.64. The molecule has 0 aliphatic rings. The highest BCUT2D eigenvalue weighted by Crippen LogP contribution is 2.11. The number of hydrogen-bond acceptors (Lipinski definition) is 4. The zero-order chi connectivity index (χ0) is 13.7. The largest absolute Gasteiger partial charge is 0.464 e. The average Bonchev–Trinajstić information content (AvgIpc) is 2.75. The van der Waals surface area contributed by atoms with E-state index in [0.29, 0.717) is 24.8 Å². The smallest absolute Gasteiger partial charge is 0.354 e. The Morgan fingerprint density at radius 1 is 1.50 bits per heavy atom. The third-order valence-corrected chi connectivity index (χ3v) is 2.76. The van der Waals surface area contributed by atoms with Gasteiger partial charge in [-0.25, -0.2) is 4.79 Å². The Balaban J connectivity index is 2.69. The Morgan fingerprint density at radius 2 is 2.17 bits per heavy atom. The molecule has 0 saturated heterocycles. The number of rotatable bonds is 6. The topological polar surface area (TPSA) is 65.6 Å². The van der Waals surface area contributed by atoms with Gasteiger partial charge in [0.15, 0.2) is 0 Å². The van der Waals surface area contributed by atoms with Gasteiger partial charge in [0.25, 0.3) is 0 Å². The van der Waals surface area contributed by atoms with Crippen molar-refractivity contribution in [2.75, 3.05) is 13.7 Å². The molecule has 0 spiro atoms.